The molecule has 0 fully saturated rings. The molecule has 0 saturated carbocycles. The molecule has 26 heavy (non-hydrogen) atoms. The highest BCUT2D eigenvalue weighted by atomic mass is 28.3. The van der Waals surface area contributed by atoms with Crippen LogP contribution in [0.2, 0.25) is 19.6 Å². The van der Waals surface area contributed by atoms with Gasteiger partial charge < -0.3 is 0 Å². The molecule has 1 heterocycles. The number of nitrogens with zero attached hydrogens (tertiary/aromatic N) is 1. The number of aromatic nitrogens is 1. The van der Waals surface area contributed by atoms with E-state index in [1.54, 1.807) is 0 Å². The fraction of sp³-hybridized carbons (Fsp3) is 0.375. The normalized spacial score (nSPS) is 12.7. The molecule has 1 nitrogen and oxygen atoms in total. The summed E-state index contributed by atoms with van der Waals surface area (Å²) in [6.45, 7) is 16.0. The second-order valence-electron chi connectivity index (χ2n) is 8.90. The van der Waals surface area contributed by atoms with Gasteiger partial charge in [-0.05, 0) is 54.0 Å². The molecule has 136 valence electrons. The maximum atomic E-state index is 8.55. The van der Waals surface area contributed by atoms with Crippen LogP contribution in [-0.4, -0.2) is 8.07 Å². The van der Waals surface area contributed by atoms with Crippen LogP contribution in [0.4, 0.5) is 0 Å². The molecule has 0 radical (unpaired) electrons. The van der Waals surface area contributed by atoms with Crippen molar-refractivity contribution in [3.05, 3.63) is 59.3 Å². The Morgan fingerprint density at radius 2 is 1.69 bits per heavy atom. The first kappa shape index (κ1) is 17.5. The average Bonchev–Trinajstić information content (AvgIpc) is 2.57. The molecule has 2 heteroatoms. The summed E-state index contributed by atoms with van der Waals surface area (Å²) in [6, 6.07) is 13.5. The van der Waals surface area contributed by atoms with Crippen LogP contribution in [0.3, 0.4) is 0 Å². The van der Waals surface area contributed by atoms with E-state index in [0.717, 1.165) is 5.69 Å². The van der Waals surface area contributed by atoms with Crippen LogP contribution in [0, 0.1) is 13.8 Å². The molecule has 1 aromatic heterocycles. The van der Waals surface area contributed by atoms with Gasteiger partial charge in [0.1, 0.15) is 8.42 Å². The largest absolute Gasteiger partial charge is 0.220 e. The van der Waals surface area contributed by atoms with Gasteiger partial charge in [-0.15, -0.1) is 0 Å². The van der Waals surface area contributed by atoms with E-state index in [1.807, 2.05) is 17.7 Å². The van der Waals surface area contributed by atoms with Gasteiger partial charge in [0.2, 0.25) is 5.69 Å². The molecule has 0 spiro atoms. The summed E-state index contributed by atoms with van der Waals surface area (Å²) >= 11 is 0. The van der Waals surface area contributed by atoms with Crippen molar-refractivity contribution in [3.8, 4) is 11.3 Å². The number of fused-ring (bicyclic) bond motifs is 1. The third-order valence-electron chi connectivity index (χ3n) is 5.53. The van der Waals surface area contributed by atoms with Gasteiger partial charge in [0.15, 0.2) is 6.17 Å². The van der Waals surface area contributed by atoms with Crippen molar-refractivity contribution in [1.82, 2.24) is 0 Å². The van der Waals surface area contributed by atoms with Gasteiger partial charge in [-0.1, -0.05) is 56.9 Å². The maximum absolute atomic E-state index is 8.55. The monoisotopic (exact) mass is 363 g/mol. The lowest BCUT2D eigenvalue weighted by molar-refractivity contribution is -0.659. The van der Waals surface area contributed by atoms with E-state index in [4.69, 9.17) is 1.37 Å². The molecule has 0 atom stereocenters. The van der Waals surface area contributed by atoms with E-state index in [0.29, 0.717) is 12.1 Å². The Bertz CT molecular complexity index is 1030. The predicted molar refractivity (Wildman–Crippen MR) is 117 cm³/mol. The van der Waals surface area contributed by atoms with Gasteiger partial charge in [0.05, 0.1) is 19.0 Å². The summed E-state index contributed by atoms with van der Waals surface area (Å²) in [5.74, 6) is 0.484. The lowest BCUT2D eigenvalue weighted by Gasteiger charge is -2.18. The number of aryl methyl sites for hydroxylation is 1. The van der Waals surface area contributed by atoms with E-state index < -0.39 is 8.07 Å². The fourth-order valence-electron chi connectivity index (χ4n) is 3.57. The van der Waals surface area contributed by atoms with Gasteiger partial charge in [0, 0.05) is 6.07 Å². The zero-order valence-corrected chi connectivity index (χ0v) is 18.5. The Balaban J connectivity index is 2.40. The van der Waals surface area contributed by atoms with Crippen molar-refractivity contribution in [2.45, 2.75) is 53.3 Å². The second kappa shape index (κ2) is 6.66. The molecule has 2 aromatic carbocycles. The number of rotatable bonds is 3. The van der Waals surface area contributed by atoms with Gasteiger partial charge in [-0.2, -0.15) is 0 Å². The quantitative estimate of drug-likeness (QED) is 0.420. The lowest BCUT2D eigenvalue weighted by Crippen LogP contribution is -2.37. The van der Waals surface area contributed by atoms with Crippen molar-refractivity contribution in [2.24, 2.45) is 7.05 Å². The van der Waals surface area contributed by atoms with Gasteiger partial charge in [-0.25, -0.2) is 4.57 Å². The van der Waals surface area contributed by atoms with Crippen LogP contribution in [-0.2, 0) is 7.05 Å². The SMILES string of the molecule is [2H]c1cc2cc([Si](C)(C)C)ccc2c(-c2cc(C(C)C)cc(C)c2C)[n+]1C. The molecule has 0 bridgehead atoms. The average molecular weight is 364 g/mol. The number of benzene rings is 2. The summed E-state index contributed by atoms with van der Waals surface area (Å²) in [5, 5.41) is 3.86. The minimum absolute atomic E-state index is 0.484. The van der Waals surface area contributed by atoms with Crippen molar-refractivity contribution in [1.29, 1.82) is 0 Å². The van der Waals surface area contributed by atoms with Crippen LogP contribution < -0.4 is 9.75 Å². The van der Waals surface area contributed by atoms with Crippen LogP contribution in [0.15, 0.2) is 42.6 Å². The van der Waals surface area contributed by atoms with Crippen molar-refractivity contribution >= 4 is 24.0 Å². The summed E-state index contributed by atoms with van der Waals surface area (Å²) in [5.41, 5.74) is 6.38. The van der Waals surface area contributed by atoms with E-state index >= 15 is 0 Å². The summed E-state index contributed by atoms with van der Waals surface area (Å²) in [4.78, 5) is 0. The van der Waals surface area contributed by atoms with Crippen molar-refractivity contribution in [2.75, 3.05) is 0 Å². The smallest absolute Gasteiger partial charge is 0.200 e. The van der Waals surface area contributed by atoms with Crippen LogP contribution in [0.1, 0.15) is 37.8 Å². The second-order valence-corrected chi connectivity index (χ2v) is 14.0. The fourth-order valence-corrected chi connectivity index (χ4v) is 4.74. The number of hydrogen-bond acceptors (Lipinski definition) is 0. The Labute approximate surface area is 161 Å². The number of pyridine rings is 1. The van der Waals surface area contributed by atoms with Gasteiger partial charge in [0.25, 0.3) is 0 Å². The van der Waals surface area contributed by atoms with E-state index in [1.165, 1.54) is 38.2 Å². The molecule has 3 aromatic rings. The van der Waals surface area contributed by atoms with E-state index in [-0.39, 0.29) is 0 Å². The third-order valence-corrected chi connectivity index (χ3v) is 7.58. The number of hydrogen-bond donors (Lipinski definition) is 0. The molecule has 0 aliphatic carbocycles. The Morgan fingerprint density at radius 1 is 1.00 bits per heavy atom. The zero-order chi connectivity index (χ0) is 20.1. The summed E-state index contributed by atoms with van der Waals surface area (Å²) in [6.07, 6.45) is 0.553. The molecule has 0 amide bonds. The van der Waals surface area contributed by atoms with E-state index in [2.05, 4.69) is 77.7 Å². The van der Waals surface area contributed by atoms with Crippen molar-refractivity contribution in [3.63, 3.8) is 0 Å². The van der Waals surface area contributed by atoms with Crippen LogP contribution in [0.25, 0.3) is 22.0 Å². The highest BCUT2D eigenvalue weighted by Gasteiger charge is 2.22. The first-order valence-electron chi connectivity index (χ1n) is 10.1. The zero-order valence-electron chi connectivity index (χ0n) is 18.5. The minimum Gasteiger partial charge on any atom is -0.200 e. The maximum Gasteiger partial charge on any atom is 0.220 e. The molecular weight excluding hydrogens is 330 g/mol. The third kappa shape index (κ3) is 3.35. The van der Waals surface area contributed by atoms with Crippen LogP contribution >= 0.6 is 0 Å². The van der Waals surface area contributed by atoms with Gasteiger partial charge >= 0.3 is 0 Å². The highest BCUT2D eigenvalue weighted by Crippen LogP contribution is 2.32. The molecule has 0 unspecified atom stereocenters. The Kier molecular flexibility index (Phi) is 4.48. The Hall–Kier alpha value is -1.93. The molecule has 0 aliphatic heterocycles. The summed E-state index contributed by atoms with van der Waals surface area (Å²) in [7, 11) is 0.624. The van der Waals surface area contributed by atoms with Gasteiger partial charge in [-0.3, -0.25) is 0 Å². The lowest BCUT2D eigenvalue weighted by atomic mass is 9.91. The van der Waals surface area contributed by atoms with Crippen LogP contribution in [0.5, 0.6) is 0 Å². The molecule has 0 saturated heterocycles. The minimum atomic E-state index is -1.39. The topological polar surface area (TPSA) is 3.88 Å². The predicted octanol–water partition coefficient (Wildman–Crippen LogP) is 5.62. The molecule has 3 rings (SSSR count). The first-order valence-corrected chi connectivity index (χ1v) is 13.1. The molecular formula is C24H32NSi+. The molecule has 0 aliphatic rings. The van der Waals surface area contributed by atoms with E-state index in [9.17, 15) is 0 Å². The molecule has 0 N–H and O–H groups in total. The highest BCUT2D eigenvalue weighted by molar-refractivity contribution is 6.88. The summed E-state index contributed by atoms with van der Waals surface area (Å²) < 4.78 is 10.6. The first-order chi connectivity index (χ1) is 12.5. The van der Waals surface area contributed by atoms with Crippen molar-refractivity contribution < 1.29 is 5.94 Å². The standard InChI is InChI=1S/C24H32NSi/c1-16(2)20-13-17(3)18(4)23(15-20)24-22-10-9-21(26(6,7)8)14-19(22)11-12-25(24)5/h9-16H,1-8H3/q+1/i12D. The Morgan fingerprint density at radius 3 is 2.31 bits per heavy atom.